The topological polar surface area (TPSA) is 62.9 Å². The van der Waals surface area contributed by atoms with Gasteiger partial charge in [-0.3, -0.25) is 0 Å². The van der Waals surface area contributed by atoms with Crippen LogP contribution in [0.2, 0.25) is 0 Å². The minimum atomic E-state index is -0.473. The summed E-state index contributed by atoms with van der Waals surface area (Å²) in [5.41, 5.74) is 0.194. The lowest BCUT2D eigenvalue weighted by molar-refractivity contribution is 0.00666. The Hall–Kier alpha value is -2.17. The van der Waals surface area contributed by atoms with Crippen molar-refractivity contribution in [1.82, 2.24) is 4.90 Å². The minimum Gasteiger partial charge on any atom is -0.508 e. The SMILES string of the molecule is CC(C)(C)OC(=O)N1CC(c2cc3ccc(O)cc3o2)C1. The maximum Gasteiger partial charge on any atom is 0.410 e. The summed E-state index contributed by atoms with van der Waals surface area (Å²) < 4.78 is 11.1. The Morgan fingerprint density at radius 2 is 2.05 bits per heavy atom. The van der Waals surface area contributed by atoms with Crippen LogP contribution in [0.15, 0.2) is 28.7 Å². The second kappa shape index (κ2) is 4.69. The van der Waals surface area contributed by atoms with E-state index in [1.54, 1.807) is 17.0 Å². The first-order valence-electron chi connectivity index (χ1n) is 7.02. The van der Waals surface area contributed by atoms with Crippen LogP contribution in [0.1, 0.15) is 32.4 Å². The zero-order valence-corrected chi connectivity index (χ0v) is 12.4. The molecule has 1 amide bonds. The van der Waals surface area contributed by atoms with Crippen molar-refractivity contribution in [2.75, 3.05) is 13.1 Å². The summed E-state index contributed by atoms with van der Waals surface area (Å²) in [7, 11) is 0. The van der Waals surface area contributed by atoms with Gasteiger partial charge in [0, 0.05) is 24.5 Å². The van der Waals surface area contributed by atoms with Crippen LogP contribution in [-0.4, -0.2) is 34.8 Å². The number of hydrogen-bond acceptors (Lipinski definition) is 4. The molecule has 2 aromatic rings. The molecule has 0 spiro atoms. The zero-order valence-electron chi connectivity index (χ0n) is 12.4. The first kappa shape index (κ1) is 13.8. The van der Waals surface area contributed by atoms with Crippen LogP contribution >= 0.6 is 0 Å². The fourth-order valence-electron chi connectivity index (χ4n) is 2.38. The Kier molecular flexibility index (Phi) is 3.08. The number of phenolic OH excluding ortho intramolecular Hbond substituents is 1. The number of aromatic hydroxyl groups is 1. The number of amides is 1. The van der Waals surface area contributed by atoms with Gasteiger partial charge in [-0.1, -0.05) is 0 Å². The van der Waals surface area contributed by atoms with Gasteiger partial charge in [0.25, 0.3) is 0 Å². The predicted molar refractivity (Wildman–Crippen MR) is 78.4 cm³/mol. The van der Waals surface area contributed by atoms with E-state index in [4.69, 9.17) is 9.15 Å². The van der Waals surface area contributed by atoms with Crippen molar-refractivity contribution < 1.29 is 19.1 Å². The van der Waals surface area contributed by atoms with E-state index in [0.29, 0.717) is 18.7 Å². The van der Waals surface area contributed by atoms with Gasteiger partial charge in [-0.2, -0.15) is 0 Å². The van der Waals surface area contributed by atoms with E-state index in [-0.39, 0.29) is 17.8 Å². The van der Waals surface area contributed by atoms with Crippen LogP contribution in [0, 0.1) is 0 Å². The second-order valence-corrected chi connectivity index (χ2v) is 6.45. The summed E-state index contributed by atoms with van der Waals surface area (Å²) in [6.07, 6.45) is -0.285. The number of benzene rings is 1. The van der Waals surface area contributed by atoms with Gasteiger partial charge in [-0.25, -0.2) is 4.79 Å². The van der Waals surface area contributed by atoms with Crippen LogP contribution in [0.3, 0.4) is 0 Å². The summed E-state index contributed by atoms with van der Waals surface area (Å²) >= 11 is 0. The van der Waals surface area contributed by atoms with E-state index >= 15 is 0 Å². The lowest BCUT2D eigenvalue weighted by Gasteiger charge is -2.38. The fraction of sp³-hybridized carbons (Fsp3) is 0.438. The molecule has 1 aliphatic rings. The number of hydrogen-bond donors (Lipinski definition) is 1. The number of rotatable bonds is 1. The molecule has 1 saturated heterocycles. The Morgan fingerprint density at radius 3 is 2.71 bits per heavy atom. The smallest absolute Gasteiger partial charge is 0.410 e. The number of fused-ring (bicyclic) bond motifs is 1. The van der Waals surface area contributed by atoms with Crippen LogP contribution in [0.4, 0.5) is 4.79 Å². The summed E-state index contributed by atoms with van der Waals surface area (Å²) in [5, 5.41) is 10.4. The van der Waals surface area contributed by atoms with Crippen molar-refractivity contribution >= 4 is 17.1 Å². The first-order chi connectivity index (χ1) is 9.82. The standard InChI is InChI=1S/C16H19NO4/c1-16(2,3)21-15(19)17-8-11(9-17)13-6-10-4-5-12(18)7-14(10)20-13/h4-7,11,18H,8-9H2,1-3H3. The minimum absolute atomic E-state index is 0.187. The molecule has 3 rings (SSSR count). The normalized spacial score (nSPS) is 16.0. The number of nitrogens with zero attached hydrogens (tertiary/aromatic N) is 1. The van der Waals surface area contributed by atoms with Gasteiger partial charge in [0.05, 0.1) is 5.92 Å². The molecule has 0 radical (unpaired) electrons. The second-order valence-electron chi connectivity index (χ2n) is 6.45. The number of carbonyl (C=O) groups is 1. The van der Waals surface area contributed by atoms with Gasteiger partial charge < -0.3 is 19.2 Å². The molecule has 0 unspecified atom stereocenters. The lowest BCUT2D eigenvalue weighted by Crippen LogP contribution is -2.50. The summed E-state index contributed by atoms with van der Waals surface area (Å²) in [5.74, 6) is 1.22. The third-order valence-corrected chi connectivity index (χ3v) is 3.46. The maximum absolute atomic E-state index is 11.9. The molecule has 0 aliphatic carbocycles. The van der Waals surface area contributed by atoms with Gasteiger partial charge in [0.2, 0.25) is 0 Å². The summed E-state index contributed by atoms with van der Waals surface area (Å²) in [6, 6.07) is 7.02. The molecule has 1 fully saturated rings. The fourth-order valence-corrected chi connectivity index (χ4v) is 2.38. The molecule has 2 heterocycles. The predicted octanol–water partition coefficient (Wildman–Crippen LogP) is 3.47. The highest BCUT2D eigenvalue weighted by atomic mass is 16.6. The molecule has 21 heavy (non-hydrogen) atoms. The Bertz CT molecular complexity index is 677. The van der Waals surface area contributed by atoms with Crippen molar-refractivity contribution in [3.05, 3.63) is 30.0 Å². The summed E-state index contributed by atoms with van der Waals surface area (Å²) in [6.45, 7) is 6.76. The zero-order chi connectivity index (χ0) is 15.2. The van der Waals surface area contributed by atoms with Gasteiger partial charge >= 0.3 is 6.09 Å². The molecule has 0 saturated carbocycles. The van der Waals surface area contributed by atoms with Crippen LogP contribution in [-0.2, 0) is 4.74 Å². The van der Waals surface area contributed by atoms with Gasteiger partial charge in [0.15, 0.2) is 0 Å². The van der Waals surface area contributed by atoms with Gasteiger partial charge in [-0.15, -0.1) is 0 Å². The number of phenols is 1. The molecule has 1 aromatic carbocycles. The summed E-state index contributed by atoms with van der Waals surface area (Å²) in [4.78, 5) is 13.5. The molecule has 0 atom stereocenters. The number of ether oxygens (including phenoxy) is 1. The molecule has 112 valence electrons. The van der Waals surface area contributed by atoms with Crippen molar-refractivity contribution in [2.45, 2.75) is 32.3 Å². The largest absolute Gasteiger partial charge is 0.508 e. The van der Waals surface area contributed by atoms with E-state index in [2.05, 4.69) is 0 Å². The van der Waals surface area contributed by atoms with Crippen molar-refractivity contribution in [2.24, 2.45) is 0 Å². The number of furan rings is 1. The van der Waals surface area contributed by atoms with Gasteiger partial charge in [-0.05, 0) is 39.0 Å². The van der Waals surface area contributed by atoms with Crippen LogP contribution < -0.4 is 0 Å². The van der Waals surface area contributed by atoms with Crippen molar-refractivity contribution in [1.29, 1.82) is 0 Å². The average Bonchev–Trinajstić information content (AvgIpc) is 2.66. The highest BCUT2D eigenvalue weighted by Gasteiger charge is 2.36. The van der Waals surface area contributed by atoms with E-state index in [9.17, 15) is 9.90 Å². The van der Waals surface area contributed by atoms with Crippen LogP contribution in [0.5, 0.6) is 5.75 Å². The Balaban J connectivity index is 1.66. The number of likely N-dealkylation sites (tertiary alicyclic amines) is 1. The Morgan fingerprint density at radius 1 is 1.33 bits per heavy atom. The van der Waals surface area contributed by atoms with E-state index in [1.807, 2.05) is 32.9 Å². The monoisotopic (exact) mass is 289 g/mol. The quantitative estimate of drug-likeness (QED) is 0.873. The van der Waals surface area contributed by atoms with E-state index in [1.165, 1.54) is 0 Å². The van der Waals surface area contributed by atoms with E-state index < -0.39 is 5.60 Å². The van der Waals surface area contributed by atoms with Crippen LogP contribution in [0.25, 0.3) is 11.0 Å². The molecule has 0 bridgehead atoms. The first-order valence-corrected chi connectivity index (χ1v) is 7.02. The Labute approximate surface area is 123 Å². The third-order valence-electron chi connectivity index (χ3n) is 3.46. The molecule has 1 N–H and O–H groups in total. The molecule has 5 nitrogen and oxygen atoms in total. The van der Waals surface area contributed by atoms with Crippen molar-refractivity contribution in [3.8, 4) is 5.75 Å². The third kappa shape index (κ3) is 2.82. The molecule has 1 aromatic heterocycles. The average molecular weight is 289 g/mol. The molecular formula is C16H19NO4. The molecule has 1 aliphatic heterocycles. The highest BCUT2D eigenvalue weighted by Crippen LogP contribution is 2.33. The lowest BCUT2D eigenvalue weighted by atomic mass is 9.98. The maximum atomic E-state index is 11.9. The highest BCUT2D eigenvalue weighted by molar-refractivity contribution is 5.79. The number of carbonyl (C=O) groups excluding carboxylic acids is 1. The molecule has 5 heteroatoms. The van der Waals surface area contributed by atoms with E-state index in [0.717, 1.165) is 11.1 Å². The molecular weight excluding hydrogens is 270 g/mol. The van der Waals surface area contributed by atoms with Crippen molar-refractivity contribution in [3.63, 3.8) is 0 Å². The van der Waals surface area contributed by atoms with Gasteiger partial charge in [0.1, 0.15) is 22.7 Å².